The van der Waals surface area contributed by atoms with Crippen molar-refractivity contribution in [2.45, 2.75) is 32.2 Å². The summed E-state index contributed by atoms with van der Waals surface area (Å²) in [4.78, 5) is 11.7. The number of amides is 1. The van der Waals surface area contributed by atoms with Crippen LogP contribution in [0.2, 0.25) is 0 Å². The maximum atomic E-state index is 11.7. The Balaban J connectivity index is 1.92. The second kappa shape index (κ2) is 4.67. The largest absolute Gasteiger partial charge is 0.306 e. The van der Waals surface area contributed by atoms with Gasteiger partial charge in [-0.3, -0.25) is 10.1 Å². The fourth-order valence-electron chi connectivity index (χ4n) is 1.55. The van der Waals surface area contributed by atoms with E-state index in [2.05, 4.69) is 20.8 Å². The summed E-state index contributed by atoms with van der Waals surface area (Å²) in [6.07, 6.45) is 2.83. The van der Waals surface area contributed by atoms with Crippen LogP contribution in [0.25, 0.3) is 0 Å². The predicted octanol–water partition coefficient (Wildman–Crippen LogP) is 0.791. The average molecular weight is 226 g/mol. The van der Waals surface area contributed by atoms with Crippen LogP contribution >= 0.6 is 11.3 Å². The third kappa shape index (κ3) is 2.51. The van der Waals surface area contributed by atoms with E-state index in [1.165, 1.54) is 11.3 Å². The van der Waals surface area contributed by atoms with Crippen molar-refractivity contribution in [3.8, 4) is 0 Å². The summed E-state index contributed by atoms with van der Waals surface area (Å²) >= 11 is 1.44. The zero-order valence-electron chi connectivity index (χ0n) is 8.62. The van der Waals surface area contributed by atoms with E-state index in [0.717, 1.165) is 30.8 Å². The van der Waals surface area contributed by atoms with Crippen LogP contribution in [0, 0.1) is 0 Å². The van der Waals surface area contributed by atoms with Crippen LogP contribution in [0.1, 0.15) is 24.8 Å². The third-order valence-corrected chi connectivity index (χ3v) is 3.36. The van der Waals surface area contributed by atoms with E-state index in [9.17, 15) is 4.79 Å². The van der Waals surface area contributed by atoms with Crippen LogP contribution in [0.5, 0.6) is 0 Å². The number of hydrogen-bond donors (Lipinski definition) is 2. The van der Waals surface area contributed by atoms with E-state index in [-0.39, 0.29) is 11.9 Å². The predicted molar refractivity (Wildman–Crippen MR) is 58.9 cm³/mol. The van der Waals surface area contributed by atoms with Crippen molar-refractivity contribution in [3.63, 3.8) is 0 Å². The van der Waals surface area contributed by atoms with Gasteiger partial charge in [0.05, 0.1) is 6.04 Å². The van der Waals surface area contributed by atoms with E-state index in [0.29, 0.717) is 5.13 Å². The van der Waals surface area contributed by atoms with Crippen LogP contribution in [0.3, 0.4) is 0 Å². The highest BCUT2D eigenvalue weighted by Crippen LogP contribution is 2.16. The van der Waals surface area contributed by atoms with Gasteiger partial charge in [0.2, 0.25) is 11.0 Å². The van der Waals surface area contributed by atoms with Crippen LogP contribution in [0.15, 0.2) is 0 Å². The molecule has 15 heavy (non-hydrogen) atoms. The van der Waals surface area contributed by atoms with Crippen LogP contribution in [-0.4, -0.2) is 28.7 Å². The van der Waals surface area contributed by atoms with E-state index >= 15 is 0 Å². The maximum absolute atomic E-state index is 11.7. The van der Waals surface area contributed by atoms with Crippen molar-refractivity contribution in [1.82, 2.24) is 15.5 Å². The second-order valence-electron chi connectivity index (χ2n) is 3.49. The first-order valence-electron chi connectivity index (χ1n) is 5.16. The highest BCUT2D eigenvalue weighted by molar-refractivity contribution is 7.15. The summed E-state index contributed by atoms with van der Waals surface area (Å²) in [6.45, 7) is 2.94. The monoisotopic (exact) mass is 226 g/mol. The number of aromatic nitrogens is 2. The molecule has 1 fully saturated rings. The first kappa shape index (κ1) is 10.5. The summed E-state index contributed by atoms with van der Waals surface area (Å²) in [7, 11) is 0. The molecular formula is C9H14N4OS. The Labute approximate surface area is 92.3 Å². The molecule has 6 heteroatoms. The number of aryl methyl sites for hydroxylation is 1. The number of nitrogens with zero attached hydrogens (tertiary/aromatic N) is 2. The van der Waals surface area contributed by atoms with Crippen LogP contribution < -0.4 is 10.6 Å². The molecule has 1 unspecified atom stereocenters. The Kier molecular flexibility index (Phi) is 3.27. The van der Waals surface area contributed by atoms with Gasteiger partial charge in [0.1, 0.15) is 5.01 Å². The number of anilines is 1. The summed E-state index contributed by atoms with van der Waals surface area (Å²) in [5, 5.41) is 15.3. The zero-order chi connectivity index (χ0) is 10.7. The summed E-state index contributed by atoms with van der Waals surface area (Å²) in [6, 6.07) is -0.0565. The lowest BCUT2D eigenvalue weighted by atomic mass is 10.2. The number of carbonyl (C=O) groups is 1. The fourth-order valence-corrected chi connectivity index (χ4v) is 2.23. The lowest BCUT2D eigenvalue weighted by Crippen LogP contribution is -2.35. The van der Waals surface area contributed by atoms with Crippen molar-refractivity contribution in [2.24, 2.45) is 0 Å². The van der Waals surface area contributed by atoms with Crippen molar-refractivity contribution in [2.75, 3.05) is 11.9 Å². The van der Waals surface area contributed by atoms with Gasteiger partial charge in [0.15, 0.2) is 0 Å². The van der Waals surface area contributed by atoms with Gasteiger partial charge >= 0.3 is 0 Å². The quantitative estimate of drug-likeness (QED) is 0.799. The molecule has 0 spiro atoms. The number of hydrogen-bond acceptors (Lipinski definition) is 5. The normalized spacial score (nSPS) is 20.5. The Morgan fingerprint density at radius 2 is 2.53 bits per heavy atom. The molecule has 1 amide bonds. The van der Waals surface area contributed by atoms with E-state index < -0.39 is 0 Å². The Hall–Kier alpha value is -1.01. The average Bonchev–Trinajstić information content (AvgIpc) is 2.87. The van der Waals surface area contributed by atoms with Gasteiger partial charge < -0.3 is 5.32 Å². The topological polar surface area (TPSA) is 66.9 Å². The number of carbonyl (C=O) groups excluding carboxylic acids is 1. The van der Waals surface area contributed by atoms with Crippen molar-refractivity contribution >= 4 is 22.4 Å². The summed E-state index contributed by atoms with van der Waals surface area (Å²) in [5.74, 6) is 0.00584. The number of nitrogens with one attached hydrogen (secondary N) is 2. The molecule has 1 aromatic heterocycles. The SMILES string of the molecule is CCc1nnc(NC(=O)C2CCCN2)s1. The van der Waals surface area contributed by atoms with Gasteiger partial charge in [-0.1, -0.05) is 18.3 Å². The minimum absolute atomic E-state index is 0.00584. The highest BCUT2D eigenvalue weighted by atomic mass is 32.1. The molecule has 1 aliphatic rings. The molecule has 2 N–H and O–H groups in total. The summed E-state index contributed by atoms with van der Waals surface area (Å²) < 4.78 is 0. The molecule has 1 saturated heterocycles. The van der Waals surface area contributed by atoms with Gasteiger partial charge in [0, 0.05) is 0 Å². The van der Waals surface area contributed by atoms with Gasteiger partial charge in [-0.25, -0.2) is 0 Å². The third-order valence-electron chi connectivity index (χ3n) is 2.38. The molecule has 1 aromatic rings. The van der Waals surface area contributed by atoms with Gasteiger partial charge in [-0.05, 0) is 25.8 Å². The Bertz CT molecular complexity index is 346. The molecule has 2 heterocycles. The Morgan fingerprint density at radius 3 is 3.13 bits per heavy atom. The molecule has 1 atom stereocenters. The molecule has 0 aromatic carbocycles. The molecule has 0 aliphatic carbocycles. The van der Waals surface area contributed by atoms with Crippen LogP contribution in [-0.2, 0) is 11.2 Å². The molecule has 82 valence electrons. The van der Waals surface area contributed by atoms with E-state index in [1.807, 2.05) is 6.92 Å². The minimum Gasteiger partial charge on any atom is -0.306 e. The maximum Gasteiger partial charge on any atom is 0.243 e. The molecule has 2 rings (SSSR count). The molecule has 1 aliphatic heterocycles. The smallest absolute Gasteiger partial charge is 0.243 e. The second-order valence-corrected chi connectivity index (χ2v) is 4.55. The Morgan fingerprint density at radius 1 is 1.67 bits per heavy atom. The first-order chi connectivity index (χ1) is 7.29. The van der Waals surface area contributed by atoms with Crippen molar-refractivity contribution in [1.29, 1.82) is 0 Å². The van der Waals surface area contributed by atoms with Gasteiger partial charge in [-0.2, -0.15) is 0 Å². The first-order valence-corrected chi connectivity index (χ1v) is 5.98. The summed E-state index contributed by atoms with van der Waals surface area (Å²) in [5.41, 5.74) is 0. The molecule has 0 radical (unpaired) electrons. The van der Waals surface area contributed by atoms with Gasteiger partial charge in [-0.15, -0.1) is 10.2 Å². The molecule has 0 bridgehead atoms. The number of rotatable bonds is 3. The molecular weight excluding hydrogens is 212 g/mol. The van der Waals surface area contributed by atoms with E-state index in [1.54, 1.807) is 0 Å². The van der Waals surface area contributed by atoms with Gasteiger partial charge in [0.25, 0.3) is 0 Å². The van der Waals surface area contributed by atoms with Crippen molar-refractivity contribution in [3.05, 3.63) is 5.01 Å². The molecule has 5 nitrogen and oxygen atoms in total. The minimum atomic E-state index is -0.0565. The standard InChI is InChI=1S/C9H14N4OS/c1-2-7-12-13-9(15-7)11-8(14)6-4-3-5-10-6/h6,10H,2-5H2,1H3,(H,11,13,14). The van der Waals surface area contributed by atoms with E-state index in [4.69, 9.17) is 0 Å². The molecule has 0 saturated carbocycles. The zero-order valence-corrected chi connectivity index (χ0v) is 9.43. The fraction of sp³-hybridized carbons (Fsp3) is 0.667. The highest BCUT2D eigenvalue weighted by Gasteiger charge is 2.22. The lowest BCUT2D eigenvalue weighted by Gasteiger charge is -2.07. The lowest BCUT2D eigenvalue weighted by molar-refractivity contribution is -0.117. The van der Waals surface area contributed by atoms with Crippen LogP contribution in [0.4, 0.5) is 5.13 Å². The van der Waals surface area contributed by atoms with Crippen molar-refractivity contribution < 1.29 is 4.79 Å².